The minimum Gasteiger partial charge on any atom is -0.422 e. The van der Waals surface area contributed by atoms with Crippen molar-refractivity contribution in [2.24, 2.45) is 0 Å². The summed E-state index contributed by atoms with van der Waals surface area (Å²) in [5.41, 5.74) is -0.400. The van der Waals surface area contributed by atoms with Crippen LogP contribution in [0.3, 0.4) is 0 Å². The predicted molar refractivity (Wildman–Crippen MR) is 111 cm³/mol. The van der Waals surface area contributed by atoms with Gasteiger partial charge in [-0.25, -0.2) is 9.59 Å². The van der Waals surface area contributed by atoms with Crippen LogP contribution in [0, 0.1) is 11.3 Å². The molecule has 1 heterocycles. The number of carbonyl (C=O) groups is 2. The molecule has 0 bridgehead atoms. The molecule has 8 heteroatoms. The molecule has 150 valence electrons. The normalized spacial score (nSPS) is 11.0. The second-order valence-electron chi connectivity index (χ2n) is 6.12. The van der Waals surface area contributed by atoms with E-state index in [-0.39, 0.29) is 22.5 Å². The van der Waals surface area contributed by atoms with Crippen molar-refractivity contribution < 1.29 is 18.7 Å². The Morgan fingerprint density at radius 2 is 1.93 bits per heavy atom. The zero-order valence-corrected chi connectivity index (χ0v) is 16.5. The van der Waals surface area contributed by atoms with Crippen LogP contribution in [-0.4, -0.2) is 18.4 Å². The largest absolute Gasteiger partial charge is 0.422 e. The number of fused-ring (bicyclic) bond motifs is 1. The van der Waals surface area contributed by atoms with Crippen molar-refractivity contribution in [1.29, 1.82) is 5.26 Å². The highest BCUT2D eigenvalue weighted by Crippen LogP contribution is 2.22. The molecular weight excluding hydrogens is 408 g/mol. The van der Waals surface area contributed by atoms with Gasteiger partial charge in [0.15, 0.2) is 0 Å². The van der Waals surface area contributed by atoms with Gasteiger partial charge in [0.2, 0.25) is 0 Å². The Bertz CT molecular complexity index is 1250. The lowest BCUT2D eigenvalue weighted by Crippen LogP contribution is -2.27. The van der Waals surface area contributed by atoms with Crippen LogP contribution in [0.5, 0.6) is 5.75 Å². The number of esters is 1. The number of rotatable bonds is 5. The SMILES string of the molecule is CCNC(=O)c1cc2ccc(OC(=O)/C(C#N)=C/c3ccc(Cl)cc3)cc2oc1=O. The molecule has 0 saturated heterocycles. The van der Waals surface area contributed by atoms with Gasteiger partial charge in [0, 0.05) is 23.0 Å². The monoisotopic (exact) mass is 422 g/mol. The molecule has 7 nitrogen and oxygen atoms in total. The quantitative estimate of drug-likeness (QED) is 0.221. The van der Waals surface area contributed by atoms with Crippen LogP contribution in [0.4, 0.5) is 0 Å². The number of nitrogens with zero attached hydrogens (tertiary/aromatic N) is 1. The van der Waals surface area contributed by atoms with Crippen molar-refractivity contribution >= 4 is 40.5 Å². The summed E-state index contributed by atoms with van der Waals surface area (Å²) in [5, 5.41) is 12.8. The number of amides is 1. The first-order chi connectivity index (χ1) is 14.4. The van der Waals surface area contributed by atoms with E-state index in [1.807, 2.05) is 0 Å². The Labute approximate surface area is 176 Å². The average molecular weight is 423 g/mol. The Hall–Kier alpha value is -3.89. The van der Waals surface area contributed by atoms with Crippen molar-refractivity contribution in [3.05, 3.63) is 80.7 Å². The third-order valence-electron chi connectivity index (χ3n) is 4.02. The van der Waals surface area contributed by atoms with E-state index in [0.717, 1.165) is 0 Å². The molecule has 0 atom stereocenters. The molecule has 2 aromatic carbocycles. The number of benzene rings is 2. The third kappa shape index (κ3) is 4.74. The van der Waals surface area contributed by atoms with Gasteiger partial charge in [-0.3, -0.25) is 4.79 Å². The molecule has 1 aromatic heterocycles. The van der Waals surface area contributed by atoms with Gasteiger partial charge in [0.25, 0.3) is 5.91 Å². The maximum atomic E-state index is 12.3. The van der Waals surface area contributed by atoms with E-state index >= 15 is 0 Å². The summed E-state index contributed by atoms with van der Waals surface area (Å²) in [5.74, 6) is -1.32. The molecule has 1 amide bonds. The first-order valence-electron chi connectivity index (χ1n) is 8.87. The number of nitriles is 1. The van der Waals surface area contributed by atoms with Gasteiger partial charge >= 0.3 is 11.6 Å². The Morgan fingerprint density at radius 3 is 2.60 bits per heavy atom. The van der Waals surface area contributed by atoms with Crippen molar-refractivity contribution in [2.75, 3.05) is 6.54 Å². The second kappa shape index (κ2) is 9.07. The van der Waals surface area contributed by atoms with Gasteiger partial charge < -0.3 is 14.5 Å². The lowest BCUT2D eigenvalue weighted by Gasteiger charge is -2.06. The fourth-order valence-electron chi connectivity index (χ4n) is 2.59. The summed E-state index contributed by atoms with van der Waals surface area (Å²) in [7, 11) is 0. The fraction of sp³-hybridized carbons (Fsp3) is 0.0909. The van der Waals surface area contributed by atoms with Crippen LogP contribution < -0.4 is 15.7 Å². The van der Waals surface area contributed by atoms with Crippen molar-refractivity contribution in [3.63, 3.8) is 0 Å². The highest BCUT2D eigenvalue weighted by Gasteiger charge is 2.15. The number of carbonyl (C=O) groups excluding carboxylic acids is 2. The van der Waals surface area contributed by atoms with Crippen molar-refractivity contribution in [2.45, 2.75) is 6.92 Å². The average Bonchev–Trinajstić information content (AvgIpc) is 2.72. The molecule has 0 aliphatic heterocycles. The summed E-state index contributed by atoms with van der Waals surface area (Å²) in [4.78, 5) is 36.3. The van der Waals surface area contributed by atoms with E-state index in [1.165, 1.54) is 24.3 Å². The number of ether oxygens (including phenoxy) is 1. The van der Waals surface area contributed by atoms with E-state index in [2.05, 4.69) is 5.32 Å². The lowest BCUT2D eigenvalue weighted by molar-refractivity contribution is -0.129. The smallest absolute Gasteiger partial charge is 0.354 e. The first-order valence-corrected chi connectivity index (χ1v) is 9.24. The van der Waals surface area contributed by atoms with E-state index in [0.29, 0.717) is 22.5 Å². The van der Waals surface area contributed by atoms with E-state index in [1.54, 1.807) is 43.3 Å². The molecule has 0 saturated carbocycles. The van der Waals surface area contributed by atoms with Gasteiger partial charge in [-0.1, -0.05) is 23.7 Å². The Balaban J connectivity index is 1.86. The third-order valence-corrected chi connectivity index (χ3v) is 4.27. The highest BCUT2D eigenvalue weighted by molar-refractivity contribution is 6.30. The van der Waals surface area contributed by atoms with Crippen LogP contribution in [0.25, 0.3) is 17.0 Å². The molecule has 3 rings (SSSR count). The number of hydrogen-bond donors (Lipinski definition) is 1. The van der Waals surface area contributed by atoms with Crippen LogP contribution in [0.15, 0.2) is 63.3 Å². The molecule has 0 spiro atoms. The van der Waals surface area contributed by atoms with Gasteiger partial charge in [-0.15, -0.1) is 0 Å². The second-order valence-corrected chi connectivity index (χ2v) is 6.55. The standard InChI is InChI=1S/C22H15ClN2O5/c1-2-25-20(26)18-10-14-5-8-17(11-19(14)30-22(18)28)29-21(27)15(12-24)9-13-3-6-16(23)7-4-13/h3-11H,2H2,1H3,(H,25,26)/b15-9+. The minimum atomic E-state index is -0.868. The molecule has 30 heavy (non-hydrogen) atoms. The molecular formula is C22H15ClN2O5. The lowest BCUT2D eigenvalue weighted by atomic mass is 10.1. The van der Waals surface area contributed by atoms with Crippen molar-refractivity contribution in [1.82, 2.24) is 5.32 Å². The van der Waals surface area contributed by atoms with E-state index < -0.39 is 17.5 Å². The predicted octanol–water partition coefficient (Wildman–Crippen LogP) is 3.71. The van der Waals surface area contributed by atoms with Crippen LogP contribution >= 0.6 is 11.6 Å². The summed E-state index contributed by atoms with van der Waals surface area (Å²) in [6.07, 6.45) is 1.37. The van der Waals surface area contributed by atoms with E-state index in [4.69, 9.17) is 20.8 Å². The molecule has 0 unspecified atom stereocenters. The number of hydrogen-bond acceptors (Lipinski definition) is 6. The van der Waals surface area contributed by atoms with E-state index in [9.17, 15) is 19.6 Å². The zero-order valence-electron chi connectivity index (χ0n) is 15.8. The maximum Gasteiger partial charge on any atom is 0.354 e. The topological polar surface area (TPSA) is 109 Å². The van der Waals surface area contributed by atoms with Gasteiger partial charge in [0.05, 0.1) is 0 Å². The summed E-state index contributed by atoms with van der Waals surface area (Å²) in [6.45, 7) is 2.11. The molecule has 1 N–H and O–H groups in total. The Morgan fingerprint density at radius 1 is 1.20 bits per heavy atom. The number of nitrogens with one attached hydrogen (secondary N) is 1. The summed E-state index contributed by atoms with van der Waals surface area (Å²) >= 11 is 5.82. The Kier molecular flexibility index (Phi) is 6.30. The summed E-state index contributed by atoms with van der Waals surface area (Å²) in [6, 6.07) is 14.1. The van der Waals surface area contributed by atoms with Gasteiger partial charge in [0.1, 0.15) is 28.5 Å². The van der Waals surface area contributed by atoms with Crippen LogP contribution in [0.2, 0.25) is 5.02 Å². The molecule has 0 fully saturated rings. The molecule has 0 aliphatic rings. The zero-order chi connectivity index (χ0) is 21.7. The van der Waals surface area contributed by atoms with Crippen LogP contribution in [0.1, 0.15) is 22.8 Å². The fourth-order valence-corrected chi connectivity index (χ4v) is 2.72. The summed E-state index contributed by atoms with van der Waals surface area (Å²) < 4.78 is 10.4. The molecule has 0 aliphatic carbocycles. The number of halogens is 1. The van der Waals surface area contributed by atoms with Gasteiger partial charge in [-0.05, 0) is 48.9 Å². The highest BCUT2D eigenvalue weighted by atomic mass is 35.5. The van der Waals surface area contributed by atoms with Crippen molar-refractivity contribution in [3.8, 4) is 11.8 Å². The van der Waals surface area contributed by atoms with Crippen LogP contribution in [-0.2, 0) is 4.79 Å². The maximum absolute atomic E-state index is 12.3. The van der Waals surface area contributed by atoms with Gasteiger partial charge in [-0.2, -0.15) is 5.26 Å². The molecule has 3 aromatic rings. The minimum absolute atomic E-state index is 0.0821. The molecule has 0 radical (unpaired) electrons. The first kappa shape index (κ1) is 20.8.